The molecule has 2 aromatic carbocycles. The molecule has 1 N–H and O–H groups in total. The number of nitrogens with one attached hydrogen (secondary N) is 1. The topological polar surface area (TPSA) is 35.8 Å². The van der Waals surface area contributed by atoms with E-state index in [0.717, 1.165) is 16.8 Å². The number of nitrogens with zero attached hydrogens (tertiary/aromatic N) is 1. The maximum atomic E-state index is 13.3. The van der Waals surface area contributed by atoms with Crippen molar-refractivity contribution < 1.29 is 4.39 Å². The van der Waals surface area contributed by atoms with E-state index in [1.165, 1.54) is 12.1 Å². The summed E-state index contributed by atoms with van der Waals surface area (Å²) in [7, 11) is 0. The van der Waals surface area contributed by atoms with Crippen molar-refractivity contribution in [2.75, 3.05) is 5.32 Å². The lowest BCUT2D eigenvalue weighted by Crippen LogP contribution is -2.02. The van der Waals surface area contributed by atoms with Crippen LogP contribution in [0.4, 0.5) is 10.1 Å². The number of hydrogen-bond donors (Lipinski definition) is 1. The second kappa shape index (κ2) is 5.73. The Bertz CT molecular complexity index is 647. The zero-order chi connectivity index (χ0) is 13.8. The van der Waals surface area contributed by atoms with Gasteiger partial charge in [0, 0.05) is 17.3 Å². The van der Waals surface area contributed by atoms with Crippen LogP contribution in [0.5, 0.6) is 0 Å². The minimum atomic E-state index is -0.404. The van der Waals surface area contributed by atoms with Crippen molar-refractivity contribution in [2.45, 2.75) is 13.5 Å². The summed E-state index contributed by atoms with van der Waals surface area (Å²) in [4.78, 5) is 0. The third-order valence-electron chi connectivity index (χ3n) is 2.84. The summed E-state index contributed by atoms with van der Waals surface area (Å²) in [6.07, 6.45) is 0. The molecule has 0 radical (unpaired) electrons. The largest absolute Gasteiger partial charge is 0.381 e. The monoisotopic (exact) mass is 274 g/mol. The number of halogens is 2. The third-order valence-corrected chi connectivity index (χ3v) is 3.25. The Kier molecular flexibility index (Phi) is 4.03. The second-order valence-corrected chi connectivity index (χ2v) is 4.63. The molecule has 0 aromatic heterocycles. The molecule has 2 rings (SSSR count). The molecule has 0 aliphatic carbocycles. The van der Waals surface area contributed by atoms with E-state index in [0.29, 0.717) is 17.1 Å². The van der Waals surface area contributed by atoms with Gasteiger partial charge in [-0.25, -0.2) is 4.39 Å². The molecule has 2 aromatic rings. The number of rotatable bonds is 3. The molecule has 2 nitrogen and oxygen atoms in total. The molecule has 0 saturated heterocycles. The van der Waals surface area contributed by atoms with Crippen molar-refractivity contribution in [2.24, 2.45) is 0 Å². The van der Waals surface area contributed by atoms with Gasteiger partial charge in [0.1, 0.15) is 5.82 Å². The Morgan fingerprint density at radius 1 is 1.32 bits per heavy atom. The van der Waals surface area contributed by atoms with Crippen molar-refractivity contribution in [3.63, 3.8) is 0 Å². The van der Waals surface area contributed by atoms with Gasteiger partial charge in [-0.2, -0.15) is 5.26 Å². The molecular weight excluding hydrogens is 263 g/mol. The van der Waals surface area contributed by atoms with Crippen molar-refractivity contribution >= 4 is 17.3 Å². The van der Waals surface area contributed by atoms with Crippen LogP contribution < -0.4 is 5.32 Å². The highest BCUT2D eigenvalue weighted by molar-refractivity contribution is 6.31. The first-order valence-electron chi connectivity index (χ1n) is 5.78. The zero-order valence-electron chi connectivity index (χ0n) is 10.4. The molecule has 0 fully saturated rings. The number of nitriles is 1. The van der Waals surface area contributed by atoms with E-state index in [4.69, 9.17) is 16.9 Å². The third kappa shape index (κ3) is 3.24. The van der Waals surface area contributed by atoms with Crippen LogP contribution in [-0.2, 0) is 6.54 Å². The Balaban J connectivity index is 2.17. The van der Waals surface area contributed by atoms with Crippen LogP contribution in [0.3, 0.4) is 0 Å². The maximum Gasteiger partial charge on any atom is 0.124 e. The van der Waals surface area contributed by atoms with Crippen LogP contribution in [0, 0.1) is 24.1 Å². The van der Waals surface area contributed by atoms with E-state index in [1.807, 2.05) is 31.2 Å². The molecule has 0 amide bonds. The average molecular weight is 275 g/mol. The van der Waals surface area contributed by atoms with Gasteiger partial charge in [-0.1, -0.05) is 17.7 Å². The van der Waals surface area contributed by atoms with E-state index >= 15 is 0 Å². The lowest BCUT2D eigenvalue weighted by molar-refractivity contribution is 0.625. The van der Waals surface area contributed by atoms with Gasteiger partial charge in [-0.3, -0.25) is 0 Å². The average Bonchev–Trinajstić information content (AvgIpc) is 2.40. The molecule has 0 unspecified atom stereocenters. The summed E-state index contributed by atoms with van der Waals surface area (Å²) in [5.41, 5.74) is 2.88. The van der Waals surface area contributed by atoms with Gasteiger partial charge >= 0.3 is 0 Å². The molecule has 0 aliphatic rings. The summed E-state index contributed by atoms with van der Waals surface area (Å²) in [5, 5.41) is 12.7. The zero-order valence-corrected chi connectivity index (χ0v) is 11.1. The van der Waals surface area contributed by atoms with Crippen molar-refractivity contribution in [1.82, 2.24) is 0 Å². The summed E-state index contributed by atoms with van der Waals surface area (Å²) in [6.45, 7) is 2.35. The van der Waals surface area contributed by atoms with E-state index in [9.17, 15) is 4.39 Å². The summed E-state index contributed by atoms with van der Waals surface area (Å²) >= 11 is 6.03. The Morgan fingerprint density at radius 2 is 2.11 bits per heavy atom. The molecule has 19 heavy (non-hydrogen) atoms. The summed E-state index contributed by atoms with van der Waals surface area (Å²) in [5.74, 6) is -0.404. The number of hydrogen-bond acceptors (Lipinski definition) is 2. The minimum absolute atomic E-state index is 0.319. The van der Waals surface area contributed by atoms with Crippen molar-refractivity contribution in [1.29, 1.82) is 5.26 Å². The first-order chi connectivity index (χ1) is 9.10. The molecule has 0 aliphatic heterocycles. The van der Waals surface area contributed by atoms with Gasteiger partial charge in [0.25, 0.3) is 0 Å². The van der Waals surface area contributed by atoms with Crippen molar-refractivity contribution in [3.05, 3.63) is 63.9 Å². The van der Waals surface area contributed by atoms with Gasteiger partial charge in [-0.05, 0) is 48.4 Å². The van der Waals surface area contributed by atoms with Crippen LogP contribution in [0.25, 0.3) is 0 Å². The number of anilines is 1. The fourth-order valence-corrected chi connectivity index (χ4v) is 1.99. The fraction of sp³-hybridized carbons (Fsp3) is 0.133. The summed E-state index contributed by atoms with van der Waals surface area (Å²) in [6, 6.07) is 11.8. The highest BCUT2D eigenvalue weighted by atomic mass is 35.5. The Hall–Kier alpha value is -2.05. The maximum absolute atomic E-state index is 13.3. The summed E-state index contributed by atoms with van der Waals surface area (Å²) < 4.78 is 13.3. The van der Waals surface area contributed by atoms with E-state index in [-0.39, 0.29) is 0 Å². The molecular formula is C15H12ClFN2. The Morgan fingerprint density at radius 3 is 2.84 bits per heavy atom. The van der Waals surface area contributed by atoms with Crippen LogP contribution in [0.2, 0.25) is 5.02 Å². The SMILES string of the molecule is Cc1c(Cl)cccc1NCc1cc(F)cc(C#N)c1. The highest BCUT2D eigenvalue weighted by Gasteiger charge is 2.03. The fourth-order valence-electron chi connectivity index (χ4n) is 1.81. The van der Waals surface area contributed by atoms with Gasteiger partial charge in [-0.15, -0.1) is 0 Å². The predicted molar refractivity (Wildman–Crippen MR) is 74.6 cm³/mol. The first kappa shape index (κ1) is 13.4. The smallest absolute Gasteiger partial charge is 0.124 e. The van der Waals surface area contributed by atoms with Crippen molar-refractivity contribution in [3.8, 4) is 6.07 Å². The van der Waals surface area contributed by atoms with Crippen LogP contribution in [0.1, 0.15) is 16.7 Å². The predicted octanol–water partition coefficient (Wildman–Crippen LogP) is 4.27. The molecule has 0 atom stereocenters. The molecule has 96 valence electrons. The van der Waals surface area contributed by atoms with E-state index < -0.39 is 5.82 Å². The minimum Gasteiger partial charge on any atom is -0.381 e. The molecule has 0 spiro atoms. The standard InChI is InChI=1S/C15H12ClFN2/c1-10-14(16)3-2-4-15(10)19-9-12-5-11(8-18)6-13(17)7-12/h2-7,19H,9H2,1H3. The molecule has 0 heterocycles. The van der Waals surface area contributed by atoms with Crippen LogP contribution in [-0.4, -0.2) is 0 Å². The van der Waals surface area contributed by atoms with Gasteiger partial charge in [0.2, 0.25) is 0 Å². The highest BCUT2D eigenvalue weighted by Crippen LogP contribution is 2.23. The lowest BCUT2D eigenvalue weighted by atomic mass is 10.1. The quantitative estimate of drug-likeness (QED) is 0.907. The Labute approximate surface area is 116 Å². The van der Waals surface area contributed by atoms with Gasteiger partial charge in [0.15, 0.2) is 0 Å². The second-order valence-electron chi connectivity index (χ2n) is 4.23. The molecule has 0 saturated carbocycles. The number of benzene rings is 2. The van der Waals surface area contributed by atoms with E-state index in [2.05, 4.69) is 5.32 Å². The lowest BCUT2D eigenvalue weighted by Gasteiger charge is -2.11. The van der Waals surface area contributed by atoms with Gasteiger partial charge < -0.3 is 5.32 Å². The van der Waals surface area contributed by atoms with Gasteiger partial charge in [0.05, 0.1) is 11.6 Å². The first-order valence-corrected chi connectivity index (χ1v) is 6.16. The molecule has 4 heteroatoms. The van der Waals surface area contributed by atoms with E-state index in [1.54, 1.807) is 6.07 Å². The van der Waals surface area contributed by atoms with Crippen LogP contribution >= 0.6 is 11.6 Å². The normalized spacial score (nSPS) is 10.0. The van der Waals surface area contributed by atoms with Crippen LogP contribution in [0.15, 0.2) is 36.4 Å². The molecule has 0 bridgehead atoms.